The van der Waals surface area contributed by atoms with Crippen LogP contribution >= 0.6 is 0 Å². The monoisotopic (exact) mass is 438 g/mol. The Bertz CT molecular complexity index is 1280. The molecule has 1 aromatic carbocycles. The van der Waals surface area contributed by atoms with Gasteiger partial charge in [-0.05, 0) is 43.5 Å². The number of anilines is 2. The molecule has 2 aliphatic heterocycles. The number of aryl methyl sites for hydroxylation is 4. The number of rotatable bonds is 4. The van der Waals surface area contributed by atoms with E-state index in [1.54, 1.807) is 7.05 Å². The first-order chi connectivity index (χ1) is 15.5. The van der Waals surface area contributed by atoms with Gasteiger partial charge in [-0.3, -0.25) is 18.8 Å². The first-order valence-electron chi connectivity index (χ1n) is 11.3. The third-order valence-corrected chi connectivity index (χ3v) is 6.76. The number of ether oxygens (including phenoxy) is 1. The van der Waals surface area contributed by atoms with Gasteiger partial charge in [0.05, 0.1) is 13.2 Å². The molecule has 2 aromatic heterocycles. The Kier molecular flexibility index (Phi) is 5.38. The number of aromatic nitrogens is 4. The summed E-state index contributed by atoms with van der Waals surface area (Å²) in [6, 6.07) is 6.36. The Hall–Kier alpha value is -2.91. The van der Waals surface area contributed by atoms with Gasteiger partial charge in [-0.1, -0.05) is 6.07 Å². The number of hydrogen-bond acceptors (Lipinski definition) is 6. The van der Waals surface area contributed by atoms with Crippen molar-refractivity contribution in [2.45, 2.75) is 33.4 Å². The van der Waals surface area contributed by atoms with Gasteiger partial charge in [0, 0.05) is 52.0 Å². The average molecular weight is 439 g/mol. The maximum absolute atomic E-state index is 13.5. The molecule has 5 rings (SSSR count). The predicted molar refractivity (Wildman–Crippen MR) is 124 cm³/mol. The van der Waals surface area contributed by atoms with Crippen LogP contribution in [0.2, 0.25) is 0 Å². The molecule has 2 aliphatic rings. The van der Waals surface area contributed by atoms with E-state index in [0.29, 0.717) is 44.0 Å². The molecule has 0 aliphatic carbocycles. The van der Waals surface area contributed by atoms with Crippen molar-refractivity contribution in [1.29, 1.82) is 0 Å². The van der Waals surface area contributed by atoms with E-state index in [2.05, 4.69) is 41.8 Å². The van der Waals surface area contributed by atoms with E-state index >= 15 is 0 Å². The van der Waals surface area contributed by atoms with Crippen molar-refractivity contribution in [3.05, 3.63) is 50.2 Å². The Morgan fingerprint density at radius 3 is 2.53 bits per heavy atom. The largest absolute Gasteiger partial charge is 0.379 e. The van der Waals surface area contributed by atoms with Crippen molar-refractivity contribution in [2.24, 2.45) is 7.05 Å². The summed E-state index contributed by atoms with van der Waals surface area (Å²) >= 11 is 0. The highest BCUT2D eigenvalue weighted by Gasteiger charge is 2.27. The third-order valence-electron chi connectivity index (χ3n) is 6.76. The first-order valence-corrected chi connectivity index (χ1v) is 11.3. The number of benzene rings is 1. The summed E-state index contributed by atoms with van der Waals surface area (Å²) in [5.41, 5.74) is 3.91. The molecule has 1 saturated heterocycles. The zero-order valence-corrected chi connectivity index (χ0v) is 19.0. The van der Waals surface area contributed by atoms with E-state index in [9.17, 15) is 9.59 Å². The highest BCUT2D eigenvalue weighted by Crippen LogP contribution is 2.31. The van der Waals surface area contributed by atoms with E-state index in [1.807, 2.05) is 4.57 Å². The maximum Gasteiger partial charge on any atom is 0.332 e. The lowest BCUT2D eigenvalue weighted by atomic mass is 10.1. The Labute approximate surface area is 186 Å². The van der Waals surface area contributed by atoms with Crippen molar-refractivity contribution in [3.8, 4) is 0 Å². The summed E-state index contributed by atoms with van der Waals surface area (Å²) in [6.45, 7) is 9.78. The molecule has 1 fully saturated rings. The molecule has 0 spiro atoms. The summed E-state index contributed by atoms with van der Waals surface area (Å²) in [4.78, 5) is 35.7. The second-order valence-electron chi connectivity index (χ2n) is 8.76. The van der Waals surface area contributed by atoms with Gasteiger partial charge in [0.15, 0.2) is 11.2 Å². The van der Waals surface area contributed by atoms with Gasteiger partial charge in [-0.25, -0.2) is 4.79 Å². The van der Waals surface area contributed by atoms with Crippen LogP contribution in [0.4, 0.5) is 11.6 Å². The molecular weight excluding hydrogens is 408 g/mol. The number of fused-ring (bicyclic) bond motifs is 3. The molecule has 170 valence electrons. The van der Waals surface area contributed by atoms with E-state index in [4.69, 9.17) is 9.72 Å². The third kappa shape index (κ3) is 3.45. The lowest BCUT2D eigenvalue weighted by Gasteiger charge is -2.29. The Balaban J connectivity index is 1.58. The summed E-state index contributed by atoms with van der Waals surface area (Å²) in [5.74, 6) is 0.729. The highest BCUT2D eigenvalue weighted by molar-refractivity contribution is 5.77. The molecule has 0 atom stereocenters. The van der Waals surface area contributed by atoms with Crippen molar-refractivity contribution >= 4 is 22.8 Å². The topological polar surface area (TPSA) is 77.5 Å². The molecular formula is C23H30N6O3. The fourth-order valence-electron chi connectivity index (χ4n) is 4.67. The molecule has 9 nitrogen and oxygen atoms in total. The SMILES string of the molecule is Cc1ccc(N2CCCn3c2nc2c3c(=O)n(CCN3CCOCC3)c(=O)n2C)cc1C. The van der Waals surface area contributed by atoms with E-state index in [0.717, 1.165) is 37.7 Å². The fraction of sp³-hybridized carbons (Fsp3) is 0.522. The molecule has 9 heteroatoms. The molecule has 0 N–H and O–H groups in total. The molecule has 0 bridgehead atoms. The minimum absolute atomic E-state index is 0.253. The van der Waals surface area contributed by atoms with Gasteiger partial charge in [0.1, 0.15) is 0 Å². The predicted octanol–water partition coefficient (Wildman–Crippen LogP) is 1.39. The minimum Gasteiger partial charge on any atom is -0.379 e. The standard InChI is InChI=1S/C23H30N6O3/c1-16-5-6-18(15-17(16)2)27-7-4-8-28-19-20(24-22(27)28)25(3)23(31)29(21(19)30)10-9-26-11-13-32-14-12-26/h5-6,15H,4,7-14H2,1-3H3. The molecule has 3 aromatic rings. The second-order valence-corrected chi connectivity index (χ2v) is 8.76. The van der Waals surface area contributed by atoms with Crippen LogP contribution in [0.25, 0.3) is 11.2 Å². The van der Waals surface area contributed by atoms with Crippen LogP contribution in [0.15, 0.2) is 27.8 Å². The van der Waals surface area contributed by atoms with Crippen LogP contribution in [0.3, 0.4) is 0 Å². The number of imidazole rings is 1. The highest BCUT2D eigenvalue weighted by atomic mass is 16.5. The Morgan fingerprint density at radius 1 is 1.00 bits per heavy atom. The summed E-state index contributed by atoms with van der Waals surface area (Å²) in [6.07, 6.45) is 0.904. The smallest absolute Gasteiger partial charge is 0.332 e. The van der Waals surface area contributed by atoms with Crippen molar-refractivity contribution in [3.63, 3.8) is 0 Å². The van der Waals surface area contributed by atoms with Crippen LogP contribution < -0.4 is 16.1 Å². The van der Waals surface area contributed by atoms with Gasteiger partial charge in [0.2, 0.25) is 5.95 Å². The molecule has 4 heterocycles. The zero-order chi connectivity index (χ0) is 22.4. The number of hydrogen-bond donors (Lipinski definition) is 0. The number of morpholine rings is 1. The van der Waals surface area contributed by atoms with Crippen LogP contribution in [0.5, 0.6) is 0 Å². The summed E-state index contributed by atoms with van der Waals surface area (Å²) in [5, 5.41) is 0. The van der Waals surface area contributed by atoms with E-state index in [-0.39, 0.29) is 11.2 Å². The second kappa shape index (κ2) is 8.22. The fourth-order valence-corrected chi connectivity index (χ4v) is 4.67. The van der Waals surface area contributed by atoms with Crippen molar-refractivity contribution in [2.75, 3.05) is 44.3 Å². The normalized spacial score (nSPS) is 17.2. The van der Waals surface area contributed by atoms with E-state index in [1.165, 1.54) is 20.3 Å². The molecule has 0 saturated carbocycles. The van der Waals surface area contributed by atoms with Crippen molar-refractivity contribution in [1.82, 2.24) is 23.6 Å². The van der Waals surface area contributed by atoms with Gasteiger partial charge in [-0.15, -0.1) is 0 Å². The van der Waals surface area contributed by atoms with Crippen LogP contribution in [0, 0.1) is 13.8 Å². The molecule has 32 heavy (non-hydrogen) atoms. The van der Waals surface area contributed by atoms with E-state index < -0.39 is 0 Å². The summed E-state index contributed by atoms with van der Waals surface area (Å²) < 4.78 is 10.3. The quantitative estimate of drug-likeness (QED) is 0.613. The van der Waals surface area contributed by atoms with Crippen LogP contribution in [-0.4, -0.2) is 63.0 Å². The van der Waals surface area contributed by atoms with Crippen LogP contribution in [-0.2, 0) is 24.9 Å². The molecule has 0 amide bonds. The van der Waals surface area contributed by atoms with Gasteiger partial charge >= 0.3 is 5.69 Å². The molecule has 0 unspecified atom stereocenters. The number of nitrogens with zero attached hydrogens (tertiary/aromatic N) is 6. The zero-order valence-electron chi connectivity index (χ0n) is 19.0. The lowest BCUT2D eigenvalue weighted by Crippen LogP contribution is -2.44. The maximum atomic E-state index is 13.5. The Morgan fingerprint density at radius 2 is 1.78 bits per heavy atom. The van der Waals surface area contributed by atoms with Gasteiger partial charge < -0.3 is 14.2 Å². The van der Waals surface area contributed by atoms with Crippen molar-refractivity contribution < 1.29 is 4.74 Å². The minimum atomic E-state index is -0.316. The van der Waals surface area contributed by atoms with Gasteiger partial charge in [0.25, 0.3) is 5.56 Å². The summed E-state index contributed by atoms with van der Waals surface area (Å²) in [7, 11) is 1.70. The van der Waals surface area contributed by atoms with Crippen LogP contribution in [0.1, 0.15) is 17.5 Å². The van der Waals surface area contributed by atoms with Gasteiger partial charge in [-0.2, -0.15) is 4.98 Å². The average Bonchev–Trinajstić information content (AvgIpc) is 3.20. The lowest BCUT2D eigenvalue weighted by molar-refractivity contribution is 0.0361. The molecule has 0 radical (unpaired) electrons. The first kappa shape index (κ1) is 21.0.